The van der Waals surface area contributed by atoms with Gasteiger partial charge < -0.3 is 15.7 Å². The fourth-order valence-electron chi connectivity index (χ4n) is 5.31. The van der Waals surface area contributed by atoms with Gasteiger partial charge in [-0.25, -0.2) is 8.78 Å². The van der Waals surface area contributed by atoms with Gasteiger partial charge in [0.25, 0.3) is 0 Å². The largest absolute Gasteiger partial charge is 0.390 e. The summed E-state index contributed by atoms with van der Waals surface area (Å²) in [4.78, 5) is 16.5. The third-order valence-electron chi connectivity index (χ3n) is 7.12. The van der Waals surface area contributed by atoms with Crippen molar-refractivity contribution >= 4 is 5.91 Å². The SMILES string of the molecule is CCc1cc(-c2ncccc2C)c2c(c1)[C@H](NC[C@@H](O)[C@H](Cc1cc(F)cc(F)c1)NC(C)=O)CCC2. The van der Waals surface area contributed by atoms with Gasteiger partial charge in [-0.2, -0.15) is 0 Å². The molecule has 5 nitrogen and oxygen atoms in total. The molecule has 196 valence electrons. The van der Waals surface area contributed by atoms with E-state index in [1.54, 1.807) is 0 Å². The zero-order valence-corrected chi connectivity index (χ0v) is 21.7. The number of hydrogen-bond acceptors (Lipinski definition) is 4. The molecule has 0 bridgehead atoms. The summed E-state index contributed by atoms with van der Waals surface area (Å²) in [5.41, 5.74) is 7.42. The van der Waals surface area contributed by atoms with Crippen LogP contribution in [0.1, 0.15) is 60.5 Å². The molecular formula is C30H35F2N3O2. The highest BCUT2D eigenvalue weighted by Gasteiger charge is 2.27. The van der Waals surface area contributed by atoms with Crippen molar-refractivity contribution in [3.63, 3.8) is 0 Å². The molecule has 1 amide bonds. The maximum atomic E-state index is 13.7. The number of benzene rings is 2. The van der Waals surface area contributed by atoms with Crippen LogP contribution in [0, 0.1) is 18.6 Å². The predicted molar refractivity (Wildman–Crippen MR) is 141 cm³/mol. The molecule has 0 saturated heterocycles. The van der Waals surface area contributed by atoms with Crippen molar-refractivity contribution in [3.05, 3.63) is 88.1 Å². The smallest absolute Gasteiger partial charge is 0.217 e. The van der Waals surface area contributed by atoms with Gasteiger partial charge in [0.1, 0.15) is 11.6 Å². The molecule has 2 aromatic carbocycles. The van der Waals surface area contributed by atoms with Gasteiger partial charge in [0.2, 0.25) is 5.91 Å². The van der Waals surface area contributed by atoms with Crippen LogP contribution in [-0.4, -0.2) is 34.7 Å². The number of aryl methyl sites for hydroxylation is 2. The van der Waals surface area contributed by atoms with E-state index in [4.69, 9.17) is 0 Å². The Hall–Kier alpha value is -3.16. The zero-order valence-electron chi connectivity index (χ0n) is 21.7. The number of aliphatic hydroxyl groups excluding tert-OH is 1. The summed E-state index contributed by atoms with van der Waals surface area (Å²) in [6, 6.07) is 11.1. The molecule has 3 N–H and O–H groups in total. The first-order valence-corrected chi connectivity index (χ1v) is 13.0. The lowest BCUT2D eigenvalue weighted by molar-refractivity contribution is -0.120. The maximum Gasteiger partial charge on any atom is 0.217 e. The van der Waals surface area contributed by atoms with Crippen LogP contribution in [0.4, 0.5) is 8.78 Å². The van der Waals surface area contributed by atoms with Crippen molar-refractivity contribution in [3.8, 4) is 11.3 Å². The number of pyridine rings is 1. The molecule has 0 aliphatic heterocycles. The number of carbonyl (C=O) groups is 1. The highest BCUT2D eigenvalue weighted by atomic mass is 19.1. The number of fused-ring (bicyclic) bond motifs is 1. The van der Waals surface area contributed by atoms with Gasteiger partial charge in [0.15, 0.2) is 0 Å². The molecule has 0 spiro atoms. The highest BCUT2D eigenvalue weighted by molar-refractivity contribution is 5.73. The number of aliphatic hydroxyl groups is 1. The van der Waals surface area contributed by atoms with E-state index in [1.165, 1.54) is 41.3 Å². The lowest BCUT2D eigenvalue weighted by atomic mass is 9.81. The Kier molecular flexibility index (Phi) is 8.67. The average Bonchev–Trinajstić information content (AvgIpc) is 2.85. The van der Waals surface area contributed by atoms with Gasteiger partial charge in [0.05, 0.1) is 17.8 Å². The summed E-state index contributed by atoms with van der Waals surface area (Å²) in [7, 11) is 0. The first-order chi connectivity index (χ1) is 17.7. The normalized spacial score (nSPS) is 16.6. The molecule has 0 saturated carbocycles. The number of rotatable bonds is 9. The average molecular weight is 508 g/mol. The number of amides is 1. The number of carbonyl (C=O) groups excluding carboxylic acids is 1. The quantitative estimate of drug-likeness (QED) is 0.382. The molecular weight excluding hydrogens is 472 g/mol. The molecule has 1 aliphatic rings. The number of hydrogen-bond donors (Lipinski definition) is 3. The maximum absolute atomic E-state index is 13.7. The van der Waals surface area contributed by atoms with Crippen LogP contribution < -0.4 is 10.6 Å². The van der Waals surface area contributed by atoms with Gasteiger partial charge in [-0.15, -0.1) is 0 Å². The van der Waals surface area contributed by atoms with Crippen molar-refractivity contribution in [2.75, 3.05) is 6.54 Å². The standard InChI is InChI=1S/C30H35F2N3O2/c1-4-20-13-25-24(26(14-20)30-18(2)7-6-10-33-30)8-5-9-27(25)34-17-29(37)28(35-19(3)36)15-21-11-22(31)16-23(32)12-21/h6-7,10-14,16,27-29,34,37H,4-5,8-9,15,17H2,1-3H3,(H,35,36)/t27-,28+,29-/m1/s1. The lowest BCUT2D eigenvalue weighted by Gasteiger charge is -2.31. The van der Waals surface area contributed by atoms with Crippen molar-refractivity contribution in [1.82, 2.24) is 15.6 Å². The van der Waals surface area contributed by atoms with Crippen LogP contribution in [0.25, 0.3) is 11.3 Å². The number of halogens is 2. The molecule has 7 heteroatoms. The minimum Gasteiger partial charge on any atom is -0.390 e. The van der Waals surface area contributed by atoms with Crippen LogP contribution in [0.2, 0.25) is 0 Å². The molecule has 0 fully saturated rings. The Morgan fingerprint density at radius 2 is 1.92 bits per heavy atom. The van der Waals surface area contributed by atoms with E-state index in [0.29, 0.717) is 5.56 Å². The first-order valence-electron chi connectivity index (χ1n) is 13.0. The van der Waals surface area contributed by atoms with Crippen molar-refractivity contribution in [2.24, 2.45) is 0 Å². The summed E-state index contributed by atoms with van der Waals surface area (Å²) in [6.07, 6.45) is 4.78. The molecule has 0 radical (unpaired) electrons. The van der Waals surface area contributed by atoms with Gasteiger partial charge in [0, 0.05) is 37.3 Å². The minimum atomic E-state index is -0.951. The second-order valence-electron chi connectivity index (χ2n) is 9.94. The molecule has 3 atom stereocenters. The Morgan fingerprint density at radius 1 is 1.16 bits per heavy atom. The van der Waals surface area contributed by atoms with E-state index in [1.807, 2.05) is 12.3 Å². The molecule has 0 unspecified atom stereocenters. The Labute approximate surface area is 217 Å². The summed E-state index contributed by atoms with van der Waals surface area (Å²) >= 11 is 0. The highest BCUT2D eigenvalue weighted by Crippen LogP contribution is 2.38. The zero-order chi connectivity index (χ0) is 26.5. The van der Waals surface area contributed by atoms with Crippen LogP contribution in [0.5, 0.6) is 0 Å². The van der Waals surface area contributed by atoms with Gasteiger partial charge in [-0.1, -0.05) is 19.1 Å². The fraction of sp³-hybridized carbons (Fsp3) is 0.400. The topological polar surface area (TPSA) is 74.2 Å². The molecule has 1 aromatic heterocycles. The van der Waals surface area contributed by atoms with Crippen molar-refractivity contribution in [1.29, 1.82) is 0 Å². The molecule has 1 aliphatic carbocycles. The van der Waals surface area contributed by atoms with Crippen LogP contribution in [-0.2, 0) is 24.1 Å². The lowest BCUT2D eigenvalue weighted by Crippen LogP contribution is -2.48. The van der Waals surface area contributed by atoms with Crippen molar-refractivity contribution in [2.45, 2.75) is 71.1 Å². The monoisotopic (exact) mass is 507 g/mol. The summed E-state index contributed by atoms with van der Waals surface area (Å²) in [6.45, 7) is 5.80. The third kappa shape index (κ3) is 6.59. The Bertz CT molecular complexity index is 1240. The fourth-order valence-corrected chi connectivity index (χ4v) is 5.31. The Balaban J connectivity index is 1.56. The molecule has 4 rings (SSSR count). The van der Waals surface area contributed by atoms with E-state index in [0.717, 1.165) is 43.0 Å². The van der Waals surface area contributed by atoms with Crippen LogP contribution in [0.3, 0.4) is 0 Å². The predicted octanol–water partition coefficient (Wildman–Crippen LogP) is 4.97. The van der Waals surface area contributed by atoms with E-state index in [-0.39, 0.29) is 24.9 Å². The molecule has 3 aromatic rings. The van der Waals surface area contributed by atoms with E-state index in [9.17, 15) is 18.7 Å². The van der Waals surface area contributed by atoms with Gasteiger partial charge in [-0.3, -0.25) is 9.78 Å². The van der Waals surface area contributed by atoms with E-state index >= 15 is 0 Å². The van der Waals surface area contributed by atoms with Crippen LogP contribution >= 0.6 is 0 Å². The first kappa shape index (κ1) is 26.9. The van der Waals surface area contributed by atoms with Crippen LogP contribution in [0.15, 0.2) is 48.7 Å². The summed E-state index contributed by atoms with van der Waals surface area (Å²) in [5.74, 6) is -1.69. The molecule has 37 heavy (non-hydrogen) atoms. The second kappa shape index (κ2) is 11.9. The summed E-state index contributed by atoms with van der Waals surface area (Å²) in [5, 5.41) is 17.3. The molecule has 1 heterocycles. The number of aromatic nitrogens is 1. The number of nitrogens with one attached hydrogen (secondary N) is 2. The second-order valence-corrected chi connectivity index (χ2v) is 9.94. The van der Waals surface area contributed by atoms with E-state index in [2.05, 4.69) is 47.7 Å². The van der Waals surface area contributed by atoms with Gasteiger partial charge in [-0.05, 0) is 91.1 Å². The third-order valence-corrected chi connectivity index (χ3v) is 7.12. The minimum absolute atomic E-state index is 0.0391. The van der Waals surface area contributed by atoms with Gasteiger partial charge >= 0.3 is 0 Å². The number of nitrogens with zero attached hydrogens (tertiary/aromatic N) is 1. The van der Waals surface area contributed by atoms with E-state index < -0.39 is 23.8 Å². The van der Waals surface area contributed by atoms with Crippen molar-refractivity contribution < 1.29 is 18.7 Å². The Morgan fingerprint density at radius 3 is 2.59 bits per heavy atom. The summed E-state index contributed by atoms with van der Waals surface area (Å²) < 4.78 is 27.4.